The fourth-order valence-corrected chi connectivity index (χ4v) is 3.18. The van der Waals surface area contributed by atoms with E-state index >= 15 is 0 Å². The van der Waals surface area contributed by atoms with Crippen LogP contribution in [0, 0.1) is 6.92 Å². The average Bonchev–Trinajstić information content (AvgIpc) is 2.28. The highest BCUT2D eigenvalue weighted by molar-refractivity contribution is 9.10. The zero-order chi connectivity index (χ0) is 13.1. The molecule has 0 radical (unpaired) electrons. The second-order valence-corrected chi connectivity index (χ2v) is 5.84. The molecule has 0 spiro atoms. The monoisotopic (exact) mass is 324 g/mol. The quantitative estimate of drug-likeness (QED) is 0.873. The van der Waals surface area contributed by atoms with Crippen molar-refractivity contribution in [3.63, 3.8) is 0 Å². The molecular formula is C13H13BrN2OS. The zero-order valence-electron chi connectivity index (χ0n) is 10.1. The third-order valence-electron chi connectivity index (χ3n) is 2.40. The van der Waals surface area contributed by atoms with Crippen LogP contribution < -0.4 is 0 Å². The van der Waals surface area contributed by atoms with Crippen LogP contribution in [-0.2, 0) is 0 Å². The number of aliphatic hydroxyl groups is 1. The van der Waals surface area contributed by atoms with Gasteiger partial charge in [0.15, 0.2) is 5.16 Å². The van der Waals surface area contributed by atoms with Gasteiger partial charge in [-0.1, -0.05) is 22.0 Å². The van der Waals surface area contributed by atoms with Gasteiger partial charge in [0.25, 0.3) is 0 Å². The van der Waals surface area contributed by atoms with E-state index in [0.717, 1.165) is 25.8 Å². The Hall–Kier alpha value is -0.910. The van der Waals surface area contributed by atoms with E-state index < -0.39 is 6.10 Å². The van der Waals surface area contributed by atoms with E-state index in [1.54, 1.807) is 13.1 Å². The van der Waals surface area contributed by atoms with Gasteiger partial charge in [0.2, 0.25) is 0 Å². The molecule has 18 heavy (non-hydrogen) atoms. The number of aromatic nitrogens is 2. The molecule has 1 N–H and O–H groups in total. The standard InChI is InChI=1S/C13H13BrN2OS/c1-8-5-6-15-13(16-8)18-10-3-4-11(9(2)17)12(14)7-10/h3-7,9,17H,1-2H3. The van der Waals surface area contributed by atoms with Gasteiger partial charge in [-0.2, -0.15) is 0 Å². The molecule has 1 unspecified atom stereocenters. The largest absolute Gasteiger partial charge is 0.389 e. The maximum atomic E-state index is 9.56. The Morgan fingerprint density at radius 2 is 2.11 bits per heavy atom. The van der Waals surface area contributed by atoms with Crippen LogP contribution in [0.1, 0.15) is 24.3 Å². The molecule has 1 aromatic heterocycles. The van der Waals surface area contributed by atoms with Gasteiger partial charge in [-0.3, -0.25) is 0 Å². The molecule has 0 bridgehead atoms. The van der Waals surface area contributed by atoms with Crippen molar-refractivity contribution < 1.29 is 5.11 Å². The zero-order valence-corrected chi connectivity index (χ0v) is 12.5. The van der Waals surface area contributed by atoms with Gasteiger partial charge in [0.1, 0.15) is 0 Å². The summed E-state index contributed by atoms with van der Waals surface area (Å²) in [6.07, 6.45) is 1.28. The minimum Gasteiger partial charge on any atom is -0.389 e. The summed E-state index contributed by atoms with van der Waals surface area (Å²) >= 11 is 4.96. The van der Waals surface area contributed by atoms with Crippen LogP contribution >= 0.6 is 27.7 Å². The number of aliphatic hydroxyl groups excluding tert-OH is 1. The predicted octanol–water partition coefficient (Wildman–Crippen LogP) is 3.75. The van der Waals surface area contributed by atoms with E-state index in [1.807, 2.05) is 31.2 Å². The third-order valence-corrected chi connectivity index (χ3v) is 3.96. The van der Waals surface area contributed by atoms with Crippen LogP contribution in [0.5, 0.6) is 0 Å². The van der Waals surface area contributed by atoms with Gasteiger partial charge in [-0.15, -0.1) is 0 Å². The highest BCUT2D eigenvalue weighted by Crippen LogP contribution is 2.31. The van der Waals surface area contributed by atoms with Crippen LogP contribution in [0.2, 0.25) is 0 Å². The third kappa shape index (κ3) is 3.31. The van der Waals surface area contributed by atoms with Crippen molar-refractivity contribution in [2.24, 2.45) is 0 Å². The predicted molar refractivity (Wildman–Crippen MR) is 75.7 cm³/mol. The van der Waals surface area contributed by atoms with E-state index in [9.17, 15) is 5.11 Å². The lowest BCUT2D eigenvalue weighted by Crippen LogP contribution is -1.93. The molecule has 1 aromatic carbocycles. The van der Waals surface area contributed by atoms with E-state index in [4.69, 9.17) is 0 Å². The highest BCUT2D eigenvalue weighted by Gasteiger charge is 2.08. The first kappa shape index (κ1) is 13.5. The molecule has 2 aromatic rings. The summed E-state index contributed by atoms with van der Waals surface area (Å²) < 4.78 is 0.898. The minimum atomic E-state index is -0.478. The summed E-state index contributed by atoms with van der Waals surface area (Å²) in [6, 6.07) is 7.71. The second kappa shape index (κ2) is 5.82. The van der Waals surface area contributed by atoms with E-state index in [1.165, 1.54) is 11.8 Å². The maximum absolute atomic E-state index is 9.56. The van der Waals surface area contributed by atoms with Crippen LogP contribution in [0.15, 0.2) is 45.0 Å². The molecule has 2 rings (SSSR count). The van der Waals surface area contributed by atoms with Gasteiger partial charge < -0.3 is 5.11 Å². The van der Waals surface area contributed by atoms with Gasteiger partial charge in [-0.25, -0.2) is 9.97 Å². The topological polar surface area (TPSA) is 46.0 Å². The first-order valence-corrected chi connectivity index (χ1v) is 7.12. The van der Waals surface area contributed by atoms with Gasteiger partial charge in [-0.05, 0) is 49.4 Å². The lowest BCUT2D eigenvalue weighted by molar-refractivity contribution is 0.198. The number of aryl methyl sites for hydroxylation is 1. The van der Waals surface area contributed by atoms with E-state index in [0.29, 0.717) is 0 Å². The number of hydrogen-bond donors (Lipinski definition) is 1. The Balaban J connectivity index is 2.23. The Bertz CT molecular complexity index is 560. The van der Waals surface area contributed by atoms with E-state index in [2.05, 4.69) is 25.9 Å². The fraction of sp³-hybridized carbons (Fsp3) is 0.231. The summed E-state index contributed by atoms with van der Waals surface area (Å²) in [5.41, 5.74) is 1.83. The molecule has 0 fully saturated rings. The summed E-state index contributed by atoms with van der Waals surface area (Å²) in [6.45, 7) is 3.69. The Morgan fingerprint density at radius 1 is 1.33 bits per heavy atom. The molecule has 0 saturated carbocycles. The van der Waals surface area contributed by atoms with Crippen LogP contribution in [0.3, 0.4) is 0 Å². The molecule has 5 heteroatoms. The fourth-order valence-electron chi connectivity index (χ4n) is 1.49. The van der Waals surface area contributed by atoms with Crippen molar-refractivity contribution in [3.8, 4) is 0 Å². The number of benzene rings is 1. The van der Waals surface area contributed by atoms with Crippen molar-refractivity contribution in [1.29, 1.82) is 0 Å². The van der Waals surface area contributed by atoms with Gasteiger partial charge >= 0.3 is 0 Å². The number of hydrogen-bond acceptors (Lipinski definition) is 4. The molecule has 1 heterocycles. The molecule has 94 valence electrons. The number of rotatable bonds is 3. The van der Waals surface area contributed by atoms with Crippen molar-refractivity contribution in [3.05, 3.63) is 46.2 Å². The van der Waals surface area contributed by atoms with Gasteiger partial charge in [0, 0.05) is 21.3 Å². The SMILES string of the molecule is Cc1ccnc(Sc2ccc(C(C)O)c(Br)c2)n1. The lowest BCUT2D eigenvalue weighted by atomic mass is 10.1. The van der Waals surface area contributed by atoms with Crippen molar-refractivity contribution in [2.75, 3.05) is 0 Å². The molecule has 0 aliphatic carbocycles. The Labute approximate surface area is 119 Å². The van der Waals surface area contributed by atoms with Crippen molar-refractivity contribution >= 4 is 27.7 Å². The highest BCUT2D eigenvalue weighted by atomic mass is 79.9. The first-order valence-electron chi connectivity index (χ1n) is 5.51. The smallest absolute Gasteiger partial charge is 0.192 e. The van der Waals surface area contributed by atoms with Crippen LogP contribution in [0.4, 0.5) is 0 Å². The summed E-state index contributed by atoms with van der Waals surface area (Å²) in [7, 11) is 0. The Kier molecular flexibility index (Phi) is 4.37. The van der Waals surface area contributed by atoms with Crippen molar-refractivity contribution in [1.82, 2.24) is 9.97 Å². The summed E-state index contributed by atoms with van der Waals surface area (Å²) in [4.78, 5) is 9.59. The maximum Gasteiger partial charge on any atom is 0.192 e. The van der Waals surface area contributed by atoms with Crippen LogP contribution in [0.25, 0.3) is 0 Å². The average molecular weight is 325 g/mol. The Morgan fingerprint density at radius 3 is 2.72 bits per heavy atom. The molecule has 1 atom stereocenters. The van der Waals surface area contributed by atoms with E-state index in [-0.39, 0.29) is 0 Å². The van der Waals surface area contributed by atoms with Crippen molar-refractivity contribution in [2.45, 2.75) is 30.0 Å². The number of nitrogens with zero attached hydrogens (tertiary/aromatic N) is 2. The number of halogens is 1. The summed E-state index contributed by atoms with van der Waals surface area (Å²) in [5.74, 6) is 0. The lowest BCUT2D eigenvalue weighted by Gasteiger charge is -2.09. The normalized spacial score (nSPS) is 12.4. The van der Waals surface area contributed by atoms with Crippen LogP contribution in [-0.4, -0.2) is 15.1 Å². The molecule has 0 amide bonds. The molecule has 3 nitrogen and oxygen atoms in total. The molecule has 0 aliphatic rings. The molecule has 0 saturated heterocycles. The molecule has 0 aliphatic heterocycles. The summed E-state index contributed by atoms with van der Waals surface area (Å²) in [5, 5.41) is 10.3. The minimum absolute atomic E-state index is 0.478. The first-order chi connectivity index (χ1) is 8.56. The van der Waals surface area contributed by atoms with Gasteiger partial charge in [0.05, 0.1) is 6.10 Å². The molecular weight excluding hydrogens is 312 g/mol. The second-order valence-electron chi connectivity index (χ2n) is 3.94.